The molecule has 1 saturated carbocycles. The first-order chi connectivity index (χ1) is 30.2. The average Bonchev–Trinajstić information content (AvgIpc) is 3.83. The lowest BCUT2D eigenvalue weighted by Gasteiger charge is -2.36. The second-order valence-corrected chi connectivity index (χ2v) is 17.3. The fourth-order valence-corrected chi connectivity index (χ4v) is 11.1. The average molecular weight is 790 g/mol. The van der Waals surface area contributed by atoms with Crippen molar-refractivity contribution in [1.29, 1.82) is 0 Å². The van der Waals surface area contributed by atoms with Gasteiger partial charge in [-0.2, -0.15) is 0 Å². The number of furan rings is 1. The van der Waals surface area contributed by atoms with E-state index in [9.17, 15) is 0 Å². The zero-order valence-corrected chi connectivity index (χ0v) is 33.5. The number of ether oxygens (including phenoxy) is 1. The van der Waals surface area contributed by atoms with E-state index in [1.807, 2.05) is 0 Å². The third-order valence-electron chi connectivity index (χ3n) is 14.0. The number of hydrogen-bond donors (Lipinski definition) is 2. The second kappa shape index (κ2) is 13.4. The summed E-state index contributed by atoms with van der Waals surface area (Å²) in [6, 6.07) is 50.5. The molecule has 2 bridgehead atoms. The normalized spacial score (nSPS) is 24.8. The predicted octanol–water partition coefficient (Wildman–Crippen LogP) is 13.1. The summed E-state index contributed by atoms with van der Waals surface area (Å²) in [5, 5.41) is 9.85. The van der Waals surface area contributed by atoms with E-state index in [0.29, 0.717) is 0 Å². The Morgan fingerprint density at radius 2 is 1.33 bits per heavy atom. The van der Waals surface area contributed by atoms with Crippen LogP contribution in [0.15, 0.2) is 204 Å². The van der Waals surface area contributed by atoms with Gasteiger partial charge in [0.1, 0.15) is 28.8 Å². The van der Waals surface area contributed by atoms with Crippen LogP contribution in [0, 0.1) is 5.92 Å². The summed E-state index contributed by atoms with van der Waals surface area (Å²) in [6.45, 7) is 0. The van der Waals surface area contributed by atoms with Crippen molar-refractivity contribution in [2.24, 2.45) is 5.92 Å². The van der Waals surface area contributed by atoms with Crippen molar-refractivity contribution < 1.29 is 9.15 Å². The van der Waals surface area contributed by atoms with Crippen LogP contribution in [0.25, 0.3) is 33.3 Å². The van der Waals surface area contributed by atoms with E-state index in [2.05, 4.69) is 210 Å². The Morgan fingerprint density at radius 1 is 0.574 bits per heavy atom. The molecule has 1 fully saturated rings. The van der Waals surface area contributed by atoms with Crippen molar-refractivity contribution >= 4 is 44.7 Å². The lowest BCUT2D eigenvalue weighted by atomic mass is 9.76. The van der Waals surface area contributed by atoms with Gasteiger partial charge in [0.2, 0.25) is 0 Å². The van der Waals surface area contributed by atoms with Gasteiger partial charge in [-0.05, 0) is 95.8 Å². The molecule has 2 aliphatic carbocycles. The van der Waals surface area contributed by atoms with Crippen molar-refractivity contribution in [2.45, 2.75) is 42.3 Å². The first-order valence-corrected chi connectivity index (χ1v) is 21.7. The van der Waals surface area contributed by atoms with Crippen LogP contribution in [0.4, 0.5) is 11.4 Å². The highest BCUT2D eigenvalue weighted by atomic mass is 16.5. The number of para-hydroxylation sites is 1. The van der Waals surface area contributed by atoms with Crippen molar-refractivity contribution in [3.63, 3.8) is 0 Å². The highest BCUT2D eigenvalue weighted by molar-refractivity contribution is 6.06. The van der Waals surface area contributed by atoms with Crippen molar-refractivity contribution in [3.8, 4) is 5.75 Å². The topological polar surface area (TPSA) is 49.7 Å². The van der Waals surface area contributed by atoms with Crippen molar-refractivity contribution in [1.82, 2.24) is 10.6 Å². The van der Waals surface area contributed by atoms with Crippen LogP contribution in [-0.4, -0.2) is 5.54 Å². The van der Waals surface area contributed by atoms with Crippen molar-refractivity contribution in [3.05, 3.63) is 233 Å². The van der Waals surface area contributed by atoms with Crippen LogP contribution < -0.4 is 20.3 Å². The monoisotopic (exact) mass is 789 g/mol. The van der Waals surface area contributed by atoms with Crippen LogP contribution in [0.1, 0.15) is 70.1 Å². The third kappa shape index (κ3) is 5.39. The first-order valence-electron chi connectivity index (χ1n) is 21.7. The summed E-state index contributed by atoms with van der Waals surface area (Å²) in [7, 11) is 0. The second-order valence-electron chi connectivity index (χ2n) is 17.3. The fourth-order valence-electron chi connectivity index (χ4n) is 11.1. The molecule has 5 nitrogen and oxygen atoms in total. The molecule has 1 aromatic heterocycles. The summed E-state index contributed by atoms with van der Waals surface area (Å²) in [5.74, 6) is 2.81. The molecule has 13 rings (SSSR count). The lowest BCUT2D eigenvalue weighted by molar-refractivity contribution is 0.412. The molecule has 5 unspecified atom stereocenters. The summed E-state index contributed by atoms with van der Waals surface area (Å²) < 4.78 is 13.3. The number of anilines is 2. The molecule has 5 atom stereocenters. The van der Waals surface area contributed by atoms with E-state index in [4.69, 9.17) is 9.15 Å². The molecular formula is C56H43N3O2. The molecule has 6 aliphatic rings. The molecule has 7 aromatic rings. The Balaban J connectivity index is 0.916. The highest BCUT2D eigenvalue weighted by Crippen LogP contribution is 2.68. The highest BCUT2D eigenvalue weighted by Gasteiger charge is 2.62. The van der Waals surface area contributed by atoms with Gasteiger partial charge >= 0.3 is 0 Å². The van der Waals surface area contributed by atoms with Gasteiger partial charge in [-0.15, -0.1) is 0 Å². The quantitative estimate of drug-likeness (QED) is 0.186. The Bertz CT molecular complexity index is 3110. The van der Waals surface area contributed by atoms with E-state index in [1.54, 1.807) is 0 Å². The van der Waals surface area contributed by atoms with E-state index in [-0.39, 0.29) is 35.4 Å². The first kappa shape index (κ1) is 34.6. The van der Waals surface area contributed by atoms with Gasteiger partial charge in [-0.25, -0.2) is 0 Å². The van der Waals surface area contributed by atoms with Gasteiger partial charge < -0.3 is 24.7 Å². The SMILES string of the molecule is C1=CC2/C=C/C=C\C(c3ccc4oc5cc(C6=CC=C(c7ccccc7)NC(c7ccccc7)N6)ccc5c4c3)C3c4ccccc4N(c4cccc5c4C2C(=C1)O5)C31CC1. The van der Waals surface area contributed by atoms with Crippen LogP contribution in [-0.2, 0) is 0 Å². The maximum absolute atomic E-state index is 6.70. The molecule has 5 heterocycles. The molecule has 4 aliphatic heterocycles. The Labute approximate surface area is 355 Å². The van der Waals surface area contributed by atoms with Gasteiger partial charge in [-0.3, -0.25) is 0 Å². The minimum Gasteiger partial charge on any atom is -0.461 e. The molecule has 1 spiro atoms. The molecular weight excluding hydrogens is 747 g/mol. The van der Waals surface area contributed by atoms with Crippen molar-refractivity contribution in [2.75, 3.05) is 4.90 Å². The molecule has 5 heteroatoms. The van der Waals surface area contributed by atoms with Crippen LogP contribution in [0.5, 0.6) is 5.75 Å². The van der Waals surface area contributed by atoms with E-state index >= 15 is 0 Å². The summed E-state index contributed by atoms with van der Waals surface area (Å²) in [6.07, 6.45) is 22.5. The van der Waals surface area contributed by atoms with E-state index in [1.165, 1.54) is 28.1 Å². The van der Waals surface area contributed by atoms with E-state index in [0.717, 1.165) is 74.4 Å². The largest absolute Gasteiger partial charge is 0.461 e. The zero-order chi connectivity index (χ0) is 40.1. The summed E-state index contributed by atoms with van der Waals surface area (Å²) >= 11 is 0. The lowest BCUT2D eigenvalue weighted by Crippen LogP contribution is -2.35. The maximum Gasteiger partial charge on any atom is 0.136 e. The molecule has 294 valence electrons. The summed E-state index contributed by atoms with van der Waals surface area (Å²) in [4.78, 5) is 2.72. The standard InChI is InChI=1S/C56H43N3O2/c1-3-13-35(14-4-1)44-28-29-45(58-55(57-44)37-16-5-2-6-17-37)39-25-27-41-43-33-38(26-30-48(43)60-51(41)34-39)40-19-8-7-15-36-18-11-23-49-52(36)53-47(22-12-24-50(53)61-49)59-46-21-10-9-20-42(46)54(40)56(59)31-32-56/h1-30,33-34,36,40,52,54-55,57-58H,31-32H2/b15-7+,19-8-. The fraction of sp³-hybridized carbons (Fsp3) is 0.143. The number of rotatable bonds is 4. The minimum absolute atomic E-state index is 0.0355. The van der Waals surface area contributed by atoms with E-state index < -0.39 is 0 Å². The van der Waals surface area contributed by atoms with Gasteiger partial charge in [0.25, 0.3) is 0 Å². The number of fused-ring (bicyclic) bond motifs is 7. The number of hydrogen-bond acceptors (Lipinski definition) is 5. The zero-order valence-electron chi connectivity index (χ0n) is 33.5. The maximum atomic E-state index is 6.70. The predicted molar refractivity (Wildman–Crippen MR) is 246 cm³/mol. The van der Waals surface area contributed by atoms with Gasteiger partial charge in [0.05, 0.1) is 11.5 Å². The Kier molecular flexibility index (Phi) is 7.59. The summed E-state index contributed by atoms with van der Waals surface area (Å²) in [5.41, 5.74) is 13.9. The van der Waals surface area contributed by atoms with Gasteiger partial charge in [0, 0.05) is 62.4 Å². The number of nitrogens with one attached hydrogen (secondary N) is 2. The number of allylic oxidation sites excluding steroid dienone is 10. The minimum atomic E-state index is -0.124. The van der Waals surface area contributed by atoms with Gasteiger partial charge in [-0.1, -0.05) is 134 Å². The molecule has 0 radical (unpaired) electrons. The Hall–Kier alpha value is -7.24. The molecule has 0 amide bonds. The molecule has 6 aromatic carbocycles. The number of nitrogens with zero attached hydrogens (tertiary/aromatic N) is 1. The smallest absolute Gasteiger partial charge is 0.136 e. The number of benzene rings is 6. The van der Waals surface area contributed by atoms with Gasteiger partial charge in [0.15, 0.2) is 0 Å². The molecule has 2 N–H and O–H groups in total. The van der Waals surface area contributed by atoms with Crippen LogP contribution in [0.3, 0.4) is 0 Å². The Morgan fingerprint density at radius 3 is 2.18 bits per heavy atom. The van der Waals surface area contributed by atoms with Crippen LogP contribution in [0.2, 0.25) is 0 Å². The molecule has 0 saturated heterocycles. The van der Waals surface area contributed by atoms with Crippen LogP contribution >= 0.6 is 0 Å². The molecule has 61 heavy (non-hydrogen) atoms. The third-order valence-corrected chi connectivity index (χ3v) is 14.0.